The van der Waals surface area contributed by atoms with Crippen molar-refractivity contribution in [1.29, 1.82) is 0 Å². The molecule has 0 spiro atoms. The first-order valence-corrected chi connectivity index (χ1v) is 5.22. The van der Waals surface area contributed by atoms with Gasteiger partial charge in [0.15, 0.2) is 0 Å². The van der Waals surface area contributed by atoms with Crippen molar-refractivity contribution in [2.24, 2.45) is 0 Å². The molecular formula is C12H17NO3. The Bertz CT molecular complexity index is 352. The number of rotatable bonds is 6. The Hall–Kier alpha value is -1.55. The highest BCUT2D eigenvalue weighted by molar-refractivity contribution is 5.66. The summed E-state index contributed by atoms with van der Waals surface area (Å²) >= 11 is 0. The number of hydrogen-bond acceptors (Lipinski definition) is 3. The summed E-state index contributed by atoms with van der Waals surface area (Å²) in [6.07, 6.45) is 0.133. The van der Waals surface area contributed by atoms with E-state index in [4.69, 9.17) is 9.84 Å². The highest BCUT2D eigenvalue weighted by Gasteiger charge is 2.06. The molecule has 0 fully saturated rings. The average molecular weight is 223 g/mol. The van der Waals surface area contributed by atoms with Crippen LogP contribution in [0.25, 0.3) is 0 Å². The summed E-state index contributed by atoms with van der Waals surface area (Å²) in [6.45, 7) is 2.46. The van der Waals surface area contributed by atoms with E-state index in [9.17, 15) is 4.79 Å². The maximum atomic E-state index is 10.4. The van der Waals surface area contributed by atoms with E-state index in [1.165, 1.54) is 0 Å². The van der Waals surface area contributed by atoms with Gasteiger partial charge in [0.1, 0.15) is 5.75 Å². The molecule has 0 unspecified atom stereocenters. The normalized spacial score (nSPS) is 12.1. The molecule has 0 heterocycles. The Morgan fingerprint density at radius 2 is 2.31 bits per heavy atom. The molecule has 0 amide bonds. The molecule has 0 bridgehead atoms. The minimum atomic E-state index is -0.787. The van der Waals surface area contributed by atoms with Gasteiger partial charge in [0.05, 0.1) is 13.5 Å². The SMILES string of the molecule is COc1cccc([C@H](C)NCCC(=O)O)c1. The van der Waals surface area contributed by atoms with Gasteiger partial charge in [-0.1, -0.05) is 12.1 Å². The van der Waals surface area contributed by atoms with Crippen molar-refractivity contribution in [3.05, 3.63) is 29.8 Å². The number of ether oxygens (including phenoxy) is 1. The molecule has 4 nitrogen and oxygen atoms in total. The molecule has 4 heteroatoms. The van der Waals surface area contributed by atoms with Crippen LogP contribution in [0.15, 0.2) is 24.3 Å². The zero-order valence-electron chi connectivity index (χ0n) is 9.56. The van der Waals surface area contributed by atoms with Crippen molar-refractivity contribution < 1.29 is 14.6 Å². The Morgan fingerprint density at radius 1 is 1.56 bits per heavy atom. The molecule has 1 aromatic rings. The standard InChI is InChI=1S/C12H17NO3/c1-9(13-7-6-12(14)15)10-4-3-5-11(8-10)16-2/h3-5,8-9,13H,6-7H2,1-2H3,(H,14,15)/t9-/m0/s1. The van der Waals surface area contributed by atoms with Crippen LogP contribution in [0.1, 0.15) is 24.9 Å². The second-order valence-electron chi connectivity index (χ2n) is 3.60. The van der Waals surface area contributed by atoms with E-state index >= 15 is 0 Å². The zero-order chi connectivity index (χ0) is 12.0. The summed E-state index contributed by atoms with van der Waals surface area (Å²) in [5, 5.41) is 11.7. The largest absolute Gasteiger partial charge is 0.497 e. The summed E-state index contributed by atoms with van der Waals surface area (Å²) < 4.78 is 5.13. The van der Waals surface area contributed by atoms with E-state index in [1.807, 2.05) is 31.2 Å². The first-order valence-electron chi connectivity index (χ1n) is 5.22. The van der Waals surface area contributed by atoms with Crippen LogP contribution >= 0.6 is 0 Å². The maximum absolute atomic E-state index is 10.4. The van der Waals surface area contributed by atoms with Crippen molar-refractivity contribution in [2.75, 3.05) is 13.7 Å². The predicted octanol–water partition coefficient (Wildman–Crippen LogP) is 1.82. The minimum absolute atomic E-state index is 0.120. The lowest BCUT2D eigenvalue weighted by molar-refractivity contribution is -0.136. The third-order valence-corrected chi connectivity index (χ3v) is 2.38. The van der Waals surface area contributed by atoms with Gasteiger partial charge in [-0.25, -0.2) is 0 Å². The molecule has 1 aromatic carbocycles. The fourth-order valence-electron chi connectivity index (χ4n) is 1.42. The van der Waals surface area contributed by atoms with Crippen LogP contribution in [0.2, 0.25) is 0 Å². The average Bonchev–Trinajstić information content (AvgIpc) is 2.28. The van der Waals surface area contributed by atoms with E-state index in [0.29, 0.717) is 6.54 Å². The van der Waals surface area contributed by atoms with Gasteiger partial charge in [-0.05, 0) is 24.6 Å². The molecule has 0 saturated carbocycles. The van der Waals surface area contributed by atoms with Gasteiger partial charge >= 0.3 is 5.97 Å². The monoisotopic (exact) mass is 223 g/mol. The third kappa shape index (κ3) is 3.90. The van der Waals surface area contributed by atoms with Gasteiger partial charge in [0, 0.05) is 12.6 Å². The number of nitrogens with one attached hydrogen (secondary N) is 1. The lowest BCUT2D eigenvalue weighted by atomic mass is 10.1. The number of methoxy groups -OCH3 is 1. The molecule has 0 aromatic heterocycles. The molecule has 1 rings (SSSR count). The third-order valence-electron chi connectivity index (χ3n) is 2.38. The number of carboxylic acids is 1. The van der Waals surface area contributed by atoms with Crippen molar-refractivity contribution in [3.8, 4) is 5.75 Å². The molecule has 0 radical (unpaired) electrons. The lowest BCUT2D eigenvalue weighted by Gasteiger charge is -2.14. The summed E-state index contributed by atoms with van der Waals surface area (Å²) in [6, 6.07) is 7.85. The van der Waals surface area contributed by atoms with Crippen LogP contribution in [0.5, 0.6) is 5.75 Å². The first-order chi connectivity index (χ1) is 7.63. The molecule has 88 valence electrons. The van der Waals surface area contributed by atoms with E-state index in [0.717, 1.165) is 11.3 Å². The smallest absolute Gasteiger partial charge is 0.304 e. The van der Waals surface area contributed by atoms with Gasteiger partial charge in [-0.3, -0.25) is 4.79 Å². The van der Waals surface area contributed by atoms with Gasteiger partial charge in [0.2, 0.25) is 0 Å². The summed E-state index contributed by atoms with van der Waals surface area (Å²) in [4.78, 5) is 10.4. The number of carbonyl (C=O) groups is 1. The highest BCUT2D eigenvalue weighted by Crippen LogP contribution is 2.18. The predicted molar refractivity (Wildman–Crippen MR) is 61.7 cm³/mol. The number of benzene rings is 1. The van der Waals surface area contributed by atoms with Crippen LogP contribution in [0.4, 0.5) is 0 Å². The summed E-state index contributed by atoms with van der Waals surface area (Å²) in [7, 11) is 1.63. The minimum Gasteiger partial charge on any atom is -0.497 e. The van der Waals surface area contributed by atoms with Gasteiger partial charge in [0.25, 0.3) is 0 Å². The van der Waals surface area contributed by atoms with Crippen LogP contribution in [0, 0.1) is 0 Å². The van der Waals surface area contributed by atoms with Crippen LogP contribution < -0.4 is 10.1 Å². The fourth-order valence-corrected chi connectivity index (χ4v) is 1.42. The molecule has 1 atom stereocenters. The van der Waals surface area contributed by atoms with E-state index in [1.54, 1.807) is 7.11 Å². The number of carboxylic acid groups (broad SMARTS) is 1. The topological polar surface area (TPSA) is 58.6 Å². The van der Waals surface area contributed by atoms with E-state index in [-0.39, 0.29) is 12.5 Å². The van der Waals surface area contributed by atoms with Crippen LogP contribution in [-0.2, 0) is 4.79 Å². The van der Waals surface area contributed by atoms with Gasteiger partial charge in [-0.15, -0.1) is 0 Å². The second-order valence-corrected chi connectivity index (χ2v) is 3.60. The van der Waals surface area contributed by atoms with Gasteiger partial charge < -0.3 is 15.2 Å². The van der Waals surface area contributed by atoms with Crippen molar-refractivity contribution in [1.82, 2.24) is 5.32 Å². The first kappa shape index (κ1) is 12.5. The van der Waals surface area contributed by atoms with Crippen LogP contribution in [0.3, 0.4) is 0 Å². The maximum Gasteiger partial charge on any atom is 0.304 e. The zero-order valence-corrected chi connectivity index (χ0v) is 9.56. The summed E-state index contributed by atoms with van der Waals surface area (Å²) in [5.74, 6) is 0.0229. The lowest BCUT2D eigenvalue weighted by Crippen LogP contribution is -2.21. The number of hydrogen-bond donors (Lipinski definition) is 2. The second kappa shape index (κ2) is 6.12. The summed E-state index contributed by atoms with van der Waals surface area (Å²) in [5.41, 5.74) is 1.09. The molecule has 2 N–H and O–H groups in total. The fraction of sp³-hybridized carbons (Fsp3) is 0.417. The number of aliphatic carboxylic acids is 1. The molecule has 0 saturated heterocycles. The quantitative estimate of drug-likeness (QED) is 0.772. The molecule has 0 aliphatic carbocycles. The molecular weight excluding hydrogens is 206 g/mol. The Balaban J connectivity index is 2.51. The molecule has 0 aliphatic heterocycles. The Labute approximate surface area is 95.2 Å². The molecule has 0 aliphatic rings. The molecule has 16 heavy (non-hydrogen) atoms. The van der Waals surface area contributed by atoms with Crippen LogP contribution in [-0.4, -0.2) is 24.7 Å². The van der Waals surface area contributed by atoms with Crippen molar-refractivity contribution >= 4 is 5.97 Å². The highest BCUT2D eigenvalue weighted by atomic mass is 16.5. The van der Waals surface area contributed by atoms with E-state index < -0.39 is 5.97 Å². The Morgan fingerprint density at radius 3 is 2.94 bits per heavy atom. The van der Waals surface area contributed by atoms with Crippen molar-refractivity contribution in [3.63, 3.8) is 0 Å². The Kier molecular flexibility index (Phi) is 4.79. The van der Waals surface area contributed by atoms with Crippen molar-refractivity contribution in [2.45, 2.75) is 19.4 Å². The van der Waals surface area contributed by atoms with Gasteiger partial charge in [-0.2, -0.15) is 0 Å². The van der Waals surface area contributed by atoms with E-state index in [2.05, 4.69) is 5.32 Å².